The van der Waals surface area contributed by atoms with Crippen molar-refractivity contribution in [3.8, 4) is 0 Å². The van der Waals surface area contributed by atoms with Crippen molar-refractivity contribution >= 4 is 27.3 Å². The topological polar surface area (TPSA) is 66.5 Å². The molecule has 5 nitrogen and oxygen atoms in total. The average Bonchev–Trinajstić information content (AvgIpc) is 2.54. The molecule has 0 heterocycles. The second-order valence-electron chi connectivity index (χ2n) is 5.74. The molecule has 0 aromatic heterocycles. The molecule has 0 aliphatic carbocycles. The van der Waals surface area contributed by atoms with E-state index in [4.69, 9.17) is 0 Å². The molecule has 0 aliphatic rings. The highest BCUT2D eigenvalue weighted by Gasteiger charge is 2.16. The van der Waals surface area contributed by atoms with Gasteiger partial charge in [0.1, 0.15) is 0 Å². The van der Waals surface area contributed by atoms with Gasteiger partial charge in [-0.2, -0.15) is 0 Å². The van der Waals surface area contributed by atoms with Crippen molar-refractivity contribution in [3.05, 3.63) is 59.2 Å². The Bertz CT molecular complexity index is 843. The zero-order valence-corrected chi connectivity index (χ0v) is 15.1. The van der Waals surface area contributed by atoms with E-state index in [0.29, 0.717) is 16.9 Å². The molecule has 0 saturated heterocycles. The first-order valence-corrected chi connectivity index (χ1v) is 9.52. The number of nitrogens with zero attached hydrogens (tertiary/aromatic N) is 1. The van der Waals surface area contributed by atoms with E-state index in [2.05, 4.69) is 12.2 Å². The summed E-state index contributed by atoms with van der Waals surface area (Å²) in [6.45, 7) is 3.88. The van der Waals surface area contributed by atoms with E-state index in [0.717, 1.165) is 18.2 Å². The summed E-state index contributed by atoms with van der Waals surface area (Å²) in [5, 5.41) is 2.83. The molecule has 1 amide bonds. The maximum absolute atomic E-state index is 12.4. The predicted molar refractivity (Wildman–Crippen MR) is 98.2 cm³/mol. The molecule has 128 valence electrons. The van der Waals surface area contributed by atoms with Crippen LogP contribution in [0, 0.1) is 6.92 Å². The summed E-state index contributed by atoms with van der Waals surface area (Å²) in [6.07, 6.45) is 2.07. The Morgan fingerprint density at radius 1 is 1.12 bits per heavy atom. The van der Waals surface area contributed by atoms with Gasteiger partial charge in [-0.3, -0.25) is 9.10 Å². The van der Waals surface area contributed by atoms with E-state index < -0.39 is 10.0 Å². The van der Waals surface area contributed by atoms with Crippen LogP contribution in [-0.4, -0.2) is 27.6 Å². The van der Waals surface area contributed by atoms with Gasteiger partial charge in [-0.05, 0) is 48.7 Å². The van der Waals surface area contributed by atoms with E-state index in [9.17, 15) is 13.2 Å². The number of rotatable bonds is 5. The van der Waals surface area contributed by atoms with E-state index in [-0.39, 0.29) is 5.91 Å². The fraction of sp³-hybridized carbons (Fsp3) is 0.278. The van der Waals surface area contributed by atoms with Crippen molar-refractivity contribution in [2.75, 3.05) is 22.9 Å². The lowest BCUT2D eigenvalue weighted by Crippen LogP contribution is -2.26. The molecule has 0 radical (unpaired) electrons. The standard InChI is InChI=1S/C18H22N2O3S/c1-5-14-7-10-16(11-8-14)19-18(21)15-9-6-13(2)17(12-15)20(3)24(4,22)23/h6-12H,5H2,1-4H3,(H,19,21). The Labute approximate surface area is 143 Å². The zero-order chi connectivity index (χ0) is 17.9. The van der Waals surface area contributed by atoms with Gasteiger partial charge in [0.15, 0.2) is 0 Å². The van der Waals surface area contributed by atoms with Crippen molar-refractivity contribution in [2.24, 2.45) is 0 Å². The summed E-state index contributed by atoms with van der Waals surface area (Å²) in [5.41, 5.74) is 3.58. The molecule has 0 aliphatic heterocycles. The zero-order valence-electron chi connectivity index (χ0n) is 14.3. The first-order valence-electron chi connectivity index (χ1n) is 7.67. The van der Waals surface area contributed by atoms with Crippen molar-refractivity contribution in [2.45, 2.75) is 20.3 Å². The monoisotopic (exact) mass is 346 g/mol. The predicted octanol–water partition coefficient (Wildman–Crippen LogP) is 3.21. The fourth-order valence-electron chi connectivity index (χ4n) is 2.30. The molecule has 1 N–H and O–H groups in total. The van der Waals surface area contributed by atoms with Gasteiger partial charge in [-0.25, -0.2) is 8.42 Å². The number of anilines is 2. The SMILES string of the molecule is CCc1ccc(NC(=O)c2ccc(C)c(N(C)S(C)(=O)=O)c2)cc1. The number of sulfonamides is 1. The Morgan fingerprint density at radius 3 is 2.29 bits per heavy atom. The van der Waals surface area contributed by atoms with Gasteiger partial charge in [-0.1, -0.05) is 25.1 Å². The molecule has 0 atom stereocenters. The van der Waals surface area contributed by atoms with Gasteiger partial charge in [0, 0.05) is 18.3 Å². The van der Waals surface area contributed by atoms with Gasteiger partial charge >= 0.3 is 0 Å². The van der Waals surface area contributed by atoms with Gasteiger partial charge in [0.05, 0.1) is 11.9 Å². The minimum atomic E-state index is -3.39. The van der Waals surface area contributed by atoms with Crippen LogP contribution in [0.5, 0.6) is 0 Å². The van der Waals surface area contributed by atoms with Gasteiger partial charge in [0.2, 0.25) is 10.0 Å². The molecule has 2 aromatic carbocycles. The first-order chi connectivity index (χ1) is 11.2. The molecular formula is C18H22N2O3S. The number of amides is 1. The highest BCUT2D eigenvalue weighted by molar-refractivity contribution is 7.92. The highest BCUT2D eigenvalue weighted by atomic mass is 32.2. The molecule has 2 rings (SSSR count). The summed E-state index contributed by atoms with van der Waals surface area (Å²) >= 11 is 0. The van der Waals surface area contributed by atoms with Crippen LogP contribution in [0.15, 0.2) is 42.5 Å². The molecular weight excluding hydrogens is 324 g/mol. The third-order valence-electron chi connectivity index (χ3n) is 3.93. The van der Waals surface area contributed by atoms with Crippen LogP contribution >= 0.6 is 0 Å². The highest BCUT2D eigenvalue weighted by Crippen LogP contribution is 2.23. The normalized spacial score (nSPS) is 11.2. The van der Waals surface area contributed by atoms with Crippen LogP contribution in [0.2, 0.25) is 0 Å². The van der Waals surface area contributed by atoms with E-state index in [1.54, 1.807) is 18.2 Å². The van der Waals surface area contributed by atoms with Crippen molar-refractivity contribution in [3.63, 3.8) is 0 Å². The van der Waals surface area contributed by atoms with E-state index >= 15 is 0 Å². The Kier molecular flexibility index (Phi) is 5.29. The lowest BCUT2D eigenvalue weighted by molar-refractivity contribution is 0.102. The number of carbonyl (C=O) groups excluding carboxylic acids is 1. The quantitative estimate of drug-likeness (QED) is 0.904. The van der Waals surface area contributed by atoms with E-state index in [1.807, 2.05) is 31.2 Å². The lowest BCUT2D eigenvalue weighted by atomic mass is 10.1. The Balaban J connectivity index is 2.26. The number of aryl methyl sites for hydroxylation is 2. The molecule has 0 fully saturated rings. The summed E-state index contributed by atoms with van der Waals surface area (Å²) < 4.78 is 24.7. The maximum Gasteiger partial charge on any atom is 0.255 e. The average molecular weight is 346 g/mol. The minimum Gasteiger partial charge on any atom is -0.322 e. The van der Waals surface area contributed by atoms with Crippen LogP contribution in [0.25, 0.3) is 0 Å². The molecule has 2 aromatic rings. The van der Waals surface area contributed by atoms with Crippen molar-refractivity contribution < 1.29 is 13.2 Å². The second kappa shape index (κ2) is 7.05. The largest absolute Gasteiger partial charge is 0.322 e. The van der Waals surface area contributed by atoms with Crippen LogP contribution in [0.3, 0.4) is 0 Å². The minimum absolute atomic E-state index is 0.276. The number of hydrogen-bond acceptors (Lipinski definition) is 3. The first kappa shape index (κ1) is 18.0. The van der Waals surface area contributed by atoms with Gasteiger partial charge in [0.25, 0.3) is 5.91 Å². The van der Waals surface area contributed by atoms with Crippen LogP contribution in [0.4, 0.5) is 11.4 Å². The molecule has 24 heavy (non-hydrogen) atoms. The van der Waals surface area contributed by atoms with Gasteiger partial charge in [-0.15, -0.1) is 0 Å². The van der Waals surface area contributed by atoms with Crippen LogP contribution in [0.1, 0.15) is 28.4 Å². The lowest BCUT2D eigenvalue weighted by Gasteiger charge is -2.19. The number of nitrogens with one attached hydrogen (secondary N) is 1. The summed E-state index contributed by atoms with van der Waals surface area (Å²) in [6, 6.07) is 12.7. The third kappa shape index (κ3) is 4.14. The molecule has 0 unspecified atom stereocenters. The van der Waals surface area contributed by atoms with Crippen molar-refractivity contribution in [1.82, 2.24) is 0 Å². The van der Waals surface area contributed by atoms with Crippen LogP contribution in [-0.2, 0) is 16.4 Å². The van der Waals surface area contributed by atoms with Gasteiger partial charge < -0.3 is 5.32 Å². The summed E-state index contributed by atoms with van der Waals surface area (Å²) in [7, 11) is -1.91. The Hall–Kier alpha value is -2.34. The van der Waals surface area contributed by atoms with E-state index in [1.165, 1.54) is 16.9 Å². The number of benzene rings is 2. The molecule has 0 saturated carbocycles. The molecule has 0 spiro atoms. The summed E-state index contributed by atoms with van der Waals surface area (Å²) in [4.78, 5) is 12.4. The van der Waals surface area contributed by atoms with Crippen LogP contribution < -0.4 is 9.62 Å². The summed E-state index contributed by atoms with van der Waals surface area (Å²) in [5.74, 6) is -0.276. The smallest absolute Gasteiger partial charge is 0.255 e. The second-order valence-corrected chi connectivity index (χ2v) is 7.75. The Morgan fingerprint density at radius 2 is 1.75 bits per heavy atom. The maximum atomic E-state index is 12.4. The third-order valence-corrected chi connectivity index (χ3v) is 5.12. The number of carbonyl (C=O) groups is 1. The molecule has 6 heteroatoms. The molecule has 0 bridgehead atoms. The van der Waals surface area contributed by atoms with Crippen molar-refractivity contribution in [1.29, 1.82) is 0 Å². The number of hydrogen-bond donors (Lipinski definition) is 1. The fourth-order valence-corrected chi connectivity index (χ4v) is 2.85.